The lowest BCUT2D eigenvalue weighted by Crippen LogP contribution is -2.24. The van der Waals surface area contributed by atoms with E-state index in [9.17, 15) is 46.6 Å². The van der Waals surface area contributed by atoms with Gasteiger partial charge in [-0.15, -0.1) is 0 Å². The average molecular weight is 527 g/mol. The van der Waals surface area contributed by atoms with Gasteiger partial charge in [-0.25, -0.2) is 0 Å². The molecule has 2 rings (SSSR count). The zero-order valence-electron chi connectivity index (χ0n) is 15.3. The van der Waals surface area contributed by atoms with Gasteiger partial charge in [0.05, 0.1) is 47.8 Å². The summed E-state index contributed by atoms with van der Waals surface area (Å²) in [6.45, 7) is 0.555. The zero-order chi connectivity index (χ0) is 24.8. The average Bonchev–Trinajstić information content (AvgIpc) is 2.61. The monoisotopic (exact) mass is 525 g/mol. The highest BCUT2D eigenvalue weighted by molar-refractivity contribution is 6.43. The minimum absolute atomic E-state index is 0.0212. The maximum atomic E-state index is 13.7. The third kappa shape index (κ3) is 4.79. The van der Waals surface area contributed by atoms with Crippen LogP contribution in [0.1, 0.15) is 18.1 Å². The SMILES string of the molecule is CCN(c1c([N+](=O)[O-])cc([N+](=O)[O-])cc1C(F)(F)F)c1c(Cl)cc(Cl)c(C(F)(F)F)c1Cl. The van der Waals surface area contributed by atoms with Crippen LogP contribution in [0.25, 0.3) is 0 Å². The number of hydrogen-bond donors (Lipinski definition) is 0. The summed E-state index contributed by atoms with van der Waals surface area (Å²) in [6, 6.07) is 0.837. The van der Waals surface area contributed by atoms with Crippen LogP contribution in [-0.4, -0.2) is 16.4 Å². The second-order valence-corrected chi connectivity index (χ2v) is 7.19. The Bertz CT molecular complexity index is 1110. The van der Waals surface area contributed by atoms with Gasteiger partial charge in [-0.3, -0.25) is 20.2 Å². The number of nitrogens with zero attached hydrogens (tertiary/aromatic N) is 3. The maximum absolute atomic E-state index is 13.7. The molecule has 0 aromatic heterocycles. The van der Waals surface area contributed by atoms with Gasteiger partial charge in [0.1, 0.15) is 5.69 Å². The molecule has 174 valence electrons. The lowest BCUT2D eigenvalue weighted by atomic mass is 10.1. The molecule has 0 bridgehead atoms. The van der Waals surface area contributed by atoms with Crippen molar-refractivity contribution in [2.45, 2.75) is 19.3 Å². The van der Waals surface area contributed by atoms with Crippen molar-refractivity contribution in [1.82, 2.24) is 0 Å². The predicted octanol–water partition coefficient (Wildman–Crippen LogP) is 7.66. The van der Waals surface area contributed by atoms with Crippen LogP contribution in [0, 0.1) is 20.2 Å². The van der Waals surface area contributed by atoms with Crippen LogP contribution in [0.3, 0.4) is 0 Å². The van der Waals surface area contributed by atoms with Gasteiger partial charge in [-0.1, -0.05) is 34.8 Å². The number of halogens is 9. The van der Waals surface area contributed by atoms with Crippen LogP contribution in [-0.2, 0) is 12.4 Å². The quantitative estimate of drug-likeness (QED) is 0.227. The first-order chi connectivity index (χ1) is 14.5. The number of alkyl halides is 6. The summed E-state index contributed by atoms with van der Waals surface area (Å²) in [5.41, 5.74) is -8.27. The van der Waals surface area contributed by atoms with E-state index >= 15 is 0 Å². The summed E-state index contributed by atoms with van der Waals surface area (Å²) in [5, 5.41) is 19.7. The standard InChI is InChI=1S/C16H8Cl3F6N3O4/c1-2-26(14-9(18)5-8(17)11(12(14)19)16(23,24)25)13-7(15(20,21)22)3-6(27(29)30)4-10(13)28(31)32/h3-5H,2H2,1H3. The van der Waals surface area contributed by atoms with Crippen LogP contribution in [0.4, 0.5) is 49.1 Å². The normalized spacial score (nSPS) is 12.1. The van der Waals surface area contributed by atoms with Gasteiger partial charge in [-0.05, 0) is 13.0 Å². The number of non-ortho nitro benzene ring substituents is 1. The zero-order valence-corrected chi connectivity index (χ0v) is 17.6. The molecule has 0 fully saturated rings. The Balaban J connectivity index is 3.05. The Labute approximate surface area is 189 Å². The van der Waals surface area contributed by atoms with Crippen molar-refractivity contribution in [2.24, 2.45) is 0 Å². The second-order valence-electron chi connectivity index (χ2n) is 5.99. The molecule has 2 aromatic carbocycles. The van der Waals surface area contributed by atoms with Gasteiger partial charge >= 0.3 is 12.4 Å². The molecule has 0 unspecified atom stereocenters. The molecule has 0 saturated heterocycles. The number of rotatable bonds is 5. The van der Waals surface area contributed by atoms with Crippen molar-refractivity contribution in [1.29, 1.82) is 0 Å². The number of benzene rings is 2. The summed E-state index contributed by atoms with van der Waals surface area (Å²) in [4.78, 5) is 20.3. The summed E-state index contributed by atoms with van der Waals surface area (Å²) in [5.74, 6) is 0. The van der Waals surface area contributed by atoms with Crippen LogP contribution in [0.5, 0.6) is 0 Å². The van der Waals surface area contributed by atoms with E-state index in [1.54, 1.807) is 0 Å². The van der Waals surface area contributed by atoms with E-state index in [2.05, 4.69) is 0 Å². The molecule has 16 heteroatoms. The Morgan fingerprint density at radius 3 is 1.84 bits per heavy atom. The molecule has 0 N–H and O–H groups in total. The van der Waals surface area contributed by atoms with E-state index in [-0.39, 0.29) is 12.1 Å². The number of nitro groups is 2. The second kappa shape index (κ2) is 8.79. The molecule has 0 aliphatic carbocycles. The summed E-state index contributed by atoms with van der Waals surface area (Å²) in [6.07, 6.45) is -10.5. The Morgan fingerprint density at radius 1 is 0.875 bits per heavy atom. The van der Waals surface area contributed by atoms with Crippen molar-refractivity contribution in [3.05, 3.63) is 64.6 Å². The lowest BCUT2D eigenvalue weighted by Gasteiger charge is -2.29. The van der Waals surface area contributed by atoms with Gasteiger partial charge in [0.25, 0.3) is 11.4 Å². The van der Waals surface area contributed by atoms with E-state index in [0.29, 0.717) is 11.0 Å². The Morgan fingerprint density at radius 2 is 1.44 bits per heavy atom. The first-order valence-corrected chi connectivity index (χ1v) is 9.21. The Hall–Kier alpha value is -2.51. The third-order valence-electron chi connectivity index (χ3n) is 4.07. The molecule has 0 spiro atoms. The number of hydrogen-bond acceptors (Lipinski definition) is 5. The van der Waals surface area contributed by atoms with Crippen molar-refractivity contribution < 1.29 is 36.2 Å². The van der Waals surface area contributed by atoms with Gasteiger partial charge in [0, 0.05) is 12.6 Å². The topological polar surface area (TPSA) is 89.5 Å². The first kappa shape index (κ1) is 25.7. The molecule has 2 aromatic rings. The molecule has 0 atom stereocenters. The van der Waals surface area contributed by atoms with Gasteiger partial charge in [-0.2, -0.15) is 26.3 Å². The Kier molecular flexibility index (Phi) is 7.07. The largest absolute Gasteiger partial charge is 0.419 e. The molecule has 0 heterocycles. The highest BCUT2D eigenvalue weighted by atomic mass is 35.5. The van der Waals surface area contributed by atoms with Crippen molar-refractivity contribution in [3.8, 4) is 0 Å². The van der Waals surface area contributed by atoms with Crippen molar-refractivity contribution in [2.75, 3.05) is 11.4 Å². The summed E-state index contributed by atoms with van der Waals surface area (Å²) < 4.78 is 81.5. The molecular weight excluding hydrogens is 519 g/mol. The van der Waals surface area contributed by atoms with Crippen LogP contribution < -0.4 is 4.90 Å². The van der Waals surface area contributed by atoms with E-state index < -0.39 is 77.7 Å². The van der Waals surface area contributed by atoms with E-state index in [1.807, 2.05) is 0 Å². The third-order valence-corrected chi connectivity index (χ3v) is 5.03. The van der Waals surface area contributed by atoms with E-state index in [4.69, 9.17) is 34.8 Å². The summed E-state index contributed by atoms with van der Waals surface area (Å²) in [7, 11) is 0. The fourth-order valence-corrected chi connectivity index (χ4v) is 4.05. The molecular formula is C16H8Cl3F6N3O4. The highest BCUT2D eigenvalue weighted by Gasteiger charge is 2.44. The van der Waals surface area contributed by atoms with E-state index in [1.165, 1.54) is 0 Å². The number of nitro benzene ring substituents is 2. The van der Waals surface area contributed by atoms with Crippen LogP contribution in [0.2, 0.25) is 15.1 Å². The minimum Gasteiger partial charge on any atom is -0.333 e. The van der Waals surface area contributed by atoms with Crippen molar-refractivity contribution >= 4 is 57.6 Å². The smallest absolute Gasteiger partial charge is 0.333 e. The summed E-state index contributed by atoms with van der Waals surface area (Å²) >= 11 is 17.3. The molecule has 32 heavy (non-hydrogen) atoms. The molecule has 0 saturated carbocycles. The van der Waals surface area contributed by atoms with Gasteiger partial charge < -0.3 is 4.90 Å². The fourth-order valence-electron chi connectivity index (χ4n) is 2.86. The molecule has 0 amide bonds. The minimum atomic E-state index is -5.38. The lowest BCUT2D eigenvalue weighted by molar-refractivity contribution is -0.394. The molecule has 0 aliphatic heterocycles. The van der Waals surface area contributed by atoms with Crippen LogP contribution in [0.15, 0.2) is 18.2 Å². The predicted molar refractivity (Wildman–Crippen MR) is 104 cm³/mol. The maximum Gasteiger partial charge on any atom is 0.419 e. The highest BCUT2D eigenvalue weighted by Crippen LogP contribution is 2.52. The van der Waals surface area contributed by atoms with Gasteiger partial charge in [0.15, 0.2) is 0 Å². The first-order valence-electron chi connectivity index (χ1n) is 8.08. The van der Waals surface area contributed by atoms with Crippen molar-refractivity contribution in [3.63, 3.8) is 0 Å². The van der Waals surface area contributed by atoms with Gasteiger partial charge in [0.2, 0.25) is 0 Å². The van der Waals surface area contributed by atoms with E-state index in [0.717, 1.165) is 6.92 Å². The number of anilines is 2. The molecule has 7 nitrogen and oxygen atoms in total. The molecule has 0 aliphatic rings. The van der Waals surface area contributed by atoms with Crippen LogP contribution >= 0.6 is 34.8 Å². The molecule has 0 radical (unpaired) electrons. The fraction of sp³-hybridized carbons (Fsp3) is 0.250.